The Morgan fingerprint density at radius 1 is 1.46 bits per heavy atom. The monoisotopic (exact) mass is 173 g/mol. The second-order valence-corrected chi connectivity index (χ2v) is 2.34. The van der Waals surface area contributed by atoms with Gasteiger partial charge in [-0.1, -0.05) is 0 Å². The predicted molar refractivity (Wildman–Crippen MR) is 45.6 cm³/mol. The highest BCUT2D eigenvalue weighted by atomic mass is 15.1. The summed E-state index contributed by atoms with van der Waals surface area (Å²) in [6, 6.07) is 5.39. The van der Waals surface area contributed by atoms with Gasteiger partial charge in [0.2, 0.25) is 5.95 Å². The van der Waals surface area contributed by atoms with Gasteiger partial charge in [0.1, 0.15) is 18.3 Å². The molecular formula is C8H7N5. The number of nitrogens with one attached hydrogen (secondary N) is 1. The zero-order chi connectivity index (χ0) is 9.68. The standard InChI is InChI=1S/C8H7N5/c1-6-4-7(5-10)13-8(12-6)11-3-2-9/h4H,3H2,1H3,(H,11,12,13). The summed E-state index contributed by atoms with van der Waals surface area (Å²) < 4.78 is 0. The number of rotatable bonds is 2. The van der Waals surface area contributed by atoms with Crippen LogP contribution in [0.15, 0.2) is 6.07 Å². The second kappa shape index (κ2) is 4.03. The number of nitriles is 2. The van der Waals surface area contributed by atoms with Gasteiger partial charge in [0, 0.05) is 5.69 Å². The van der Waals surface area contributed by atoms with Gasteiger partial charge in [-0.3, -0.25) is 0 Å². The van der Waals surface area contributed by atoms with E-state index in [9.17, 15) is 0 Å². The van der Waals surface area contributed by atoms with Crippen molar-refractivity contribution in [3.63, 3.8) is 0 Å². The van der Waals surface area contributed by atoms with E-state index in [1.165, 1.54) is 0 Å². The van der Waals surface area contributed by atoms with Crippen molar-refractivity contribution in [3.8, 4) is 12.1 Å². The fourth-order valence-electron chi connectivity index (χ4n) is 0.823. The average molecular weight is 173 g/mol. The molecule has 0 amide bonds. The molecule has 1 heterocycles. The molecule has 0 aromatic carbocycles. The number of hydrogen-bond acceptors (Lipinski definition) is 5. The molecule has 5 heteroatoms. The summed E-state index contributed by atoms with van der Waals surface area (Å²) in [5, 5.41) is 19.5. The van der Waals surface area contributed by atoms with Gasteiger partial charge in [-0.05, 0) is 13.0 Å². The highest BCUT2D eigenvalue weighted by Gasteiger charge is 1.99. The van der Waals surface area contributed by atoms with Crippen LogP contribution in [0, 0.1) is 29.6 Å². The van der Waals surface area contributed by atoms with Crippen molar-refractivity contribution in [1.29, 1.82) is 10.5 Å². The lowest BCUT2D eigenvalue weighted by Gasteiger charge is -2.00. The summed E-state index contributed by atoms with van der Waals surface area (Å²) in [5.41, 5.74) is 1.000. The zero-order valence-corrected chi connectivity index (χ0v) is 7.07. The number of nitrogens with zero attached hydrogens (tertiary/aromatic N) is 4. The molecular weight excluding hydrogens is 166 g/mol. The zero-order valence-electron chi connectivity index (χ0n) is 7.07. The van der Waals surface area contributed by atoms with Crippen LogP contribution >= 0.6 is 0 Å². The van der Waals surface area contributed by atoms with Crippen molar-refractivity contribution in [2.24, 2.45) is 0 Å². The van der Waals surface area contributed by atoms with E-state index < -0.39 is 0 Å². The molecule has 64 valence electrons. The van der Waals surface area contributed by atoms with Crippen LogP contribution in [-0.4, -0.2) is 16.5 Å². The first-order valence-corrected chi connectivity index (χ1v) is 3.63. The Hall–Kier alpha value is -2.14. The molecule has 1 N–H and O–H groups in total. The molecule has 0 saturated carbocycles. The highest BCUT2D eigenvalue weighted by molar-refractivity contribution is 5.33. The lowest BCUT2D eigenvalue weighted by Crippen LogP contribution is -2.05. The molecule has 1 aromatic rings. The van der Waals surface area contributed by atoms with Crippen LogP contribution in [0.1, 0.15) is 11.4 Å². The molecule has 0 fully saturated rings. The molecule has 0 spiro atoms. The van der Waals surface area contributed by atoms with Crippen LogP contribution < -0.4 is 5.32 Å². The molecule has 1 rings (SSSR count). The van der Waals surface area contributed by atoms with Crippen molar-refractivity contribution in [2.75, 3.05) is 11.9 Å². The van der Waals surface area contributed by atoms with E-state index in [0.717, 1.165) is 0 Å². The molecule has 1 aromatic heterocycles. The van der Waals surface area contributed by atoms with E-state index in [-0.39, 0.29) is 6.54 Å². The van der Waals surface area contributed by atoms with E-state index in [1.54, 1.807) is 13.0 Å². The Kier molecular flexibility index (Phi) is 2.77. The van der Waals surface area contributed by atoms with E-state index in [2.05, 4.69) is 15.3 Å². The minimum absolute atomic E-state index is 0.133. The Morgan fingerprint density at radius 3 is 2.85 bits per heavy atom. The molecule has 0 radical (unpaired) electrons. The molecule has 0 unspecified atom stereocenters. The SMILES string of the molecule is Cc1cc(C#N)nc(NCC#N)n1. The van der Waals surface area contributed by atoms with Crippen molar-refractivity contribution in [2.45, 2.75) is 6.92 Å². The fraction of sp³-hybridized carbons (Fsp3) is 0.250. The first-order chi connectivity index (χ1) is 6.26. The van der Waals surface area contributed by atoms with Crippen molar-refractivity contribution in [3.05, 3.63) is 17.5 Å². The van der Waals surface area contributed by atoms with E-state index in [0.29, 0.717) is 17.3 Å². The van der Waals surface area contributed by atoms with Crippen molar-refractivity contribution >= 4 is 5.95 Å². The molecule has 5 nitrogen and oxygen atoms in total. The maximum absolute atomic E-state index is 8.58. The molecule has 0 saturated heterocycles. The normalized spacial score (nSPS) is 8.54. The number of anilines is 1. The van der Waals surface area contributed by atoms with E-state index in [4.69, 9.17) is 10.5 Å². The predicted octanol–water partition coefficient (Wildman–Crippen LogP) is 0.592. The Morgan fingerprint density at radius 2 is 2.23 bits per heavy atom. The maximum atomic E-state index is 8.58. The molecule has 0 aliphatic carbocycles. The summed E-state index contributed by atoms with van der Waals surface area (Å²) in [6.07, 6.45) is 0. The molecule has 13 heavy (non-hydrogen) atoms. The van der Waals surface area contributed by atoms with Crippen LogP contribution in [0.3, 0.4) is 0 Å². The Bertz CT molecular complexity index is 385. The fourth-order valence-corrected chi connectivity index (χ4v) is 0.823. The van der Waals surface area contributed by atoms with Gasteiger partial charge in [-0.15, -0.1) is 0 Å². The van der Waals surface area contributed by atoms with Gasteiger partial charge in [-0.2, -0.15) is 10.5 Å². The third-order valence-electron chi connectivity index (χ3n) is 1.29. The highest BCUT2D eigenvalue weighted by Crippen LogP contribution is 2.02. The van der Waals surface area contributed by atoms with Crippen LogP contribution in [0.5, 0.6) is 0 Å². The third kappa shape index (κ3) is 2.42. The van der Waals surface area contributed by atoms with Crippen LogP contribution in [0.2, 0.25) is 0 Å². The summed E-state index contributed by atoms with van der Waals surface area (Å²) in [6.45, 7) is 1.90. The lowest BCUT2D eigenvalue weighted by molar-refractivity contribution is 1.06. The third-order valence-corrected chi connectivity index (χ3v) is 1.29. The van der Waals surface area contributed by atoms with E-state index >= 15 is 0 Å². The quantitative estimate of drug-likeness (QED) is 0.661. The van der Waals surface area contributed by atoms with Crippen LogP contribution in [0.25, 0.3) is 0 Å². The molecule has 0 atom stereocenters. The van der Waals surface area contributed by atoms with Gasteiger partial charge in [0.15, 0.2) is 0 Å². The summed E-state index contributed by atoms with van der Waals surface area (Å²) in [7, 11) is 0. The summed E-state index contributed by atoms with van der Waals surface area (Å²) in [4.78, 5) is 7.85. The molecule has 0 aliphatic heterocycles. The minimum Gasteiger partial charge on any atom is -0.341 e. The molecule has 0 bridgehead atoms. The average Bonchev–Trinajstić information content (AvgIpc) is 2.14. The van der Waals surface area contributed by atoms with Gasteiger partial charge >= 0.3 is 0 Å². The number of hydrogen-bond donors (Lipinski definition) is 1. The molecule has 0 aliphatic rings. The van der Waals surface area contributed by atoms with Crippen molar-refractivity contribution < 1.29 is 0 Å². The number of aromatic nitrogens is 2. The second-order valence-electron chi connectivity index (χ2n) is 2.34. The summed E-state index contributed by atoms with van der Waals surface area (Å²) in [5.74, 6) is 0.318. The number of aryl methyl sites for hydroxylation is 1. The first kappa shape index (κ1) is 8.95. The lowest BCUT2D eigenvalue weighted by atomic mass is 10.3. The van der Waals surface area contributed by atoms with Gasteiger partial charge < -0.3 is 5.32 Å². The van der Waals surface area contributed by atoms with Crippen LogP contribution in [0.4, 0.5) is 5.95 Å². The van der Waals surface area contributed by atoms with Gasteiger partial charge in [-0.25, -0.2) is 9.97 Å². The van der Waals surface area contributed by atoms with Crippen molar-refractivity contribution in [1.82, 2.24) is 9.97 Å². The Labute approximate surface area is 75.7 Å². The smallest absolute Gasteiger partial charge is 0.224 e. The first-order valence-electron chi connectivity index (χ1n) is 3.63. The van der Waals surface area contributed by atoms with Gasteiger partial charge in [0.05, 0.1) is 6.07 Å². The topological polar surface area (TPSA) is 85.4 Å². The Balaban J connectivity index is 2.91. The minimum atomic E-state index is 0.133. The van der Waals surface area contributed by atoms with E-state index in [1.807, 2.05) is 12.1 Å². The maximum Gasteiger partial charge on any atom is 0.224 e. The largest absolute Gasteiger partial charge is 0.341 e. The summed E-state index contributed by atoms with van der Waals surface area (Å²) >= 11 is 0. The van der Waals surface area contributed by atoms with Gasteiger partial charge in [0.25, 0.3) is 0 Å². The van der Waals surface area contributed by atoms with Crippen LogP contribution in [-0.2, 0) is 0 Å².